The van der Waals surface area contributed by atoms with E-state index in [1.807, 2.05) is 6.07 Å². The second kappa shape index (κ2) is 6.16. The van der Waals surface area contributed by atoms with Crippen molar-refractivity contribution in [3.05, 3.63) is 35.1 Å². The fourth-order valence-corrected chi connectivity index (χ4v) is 4.15. The number of benzene rings is 1. The zero-order chi connectivity index (χ0) is 17.5. The van der Waals surface area contributed by atoms with Gasteiger partial charge in [0.2, 0.25) is 5.91 Å². The van der Waals surface area contributed by atoms with Gasteiger partial charge in [-0.25, -0.2) is 4.39 Å². The van der Waals surface area contributed by atoms with Gasteiger partial charge in [0.15, 0.2) is 0 Å². The second-order valence-corrected chi connectivity index (χ2v) is 6.95. The van der Waals surface area contributed by atoms with E-state index in [0.717, 1.165) is 5.56 Å². The summed E-state index contributed by atoms with van der Waals surface area (Å²) in [6.45, 7) is 3.84. The topological polar surface area (TPSA) is 60.9 Å². The fourth-order valence-electron chi connectivity index (χ4n) is 4.15. The van der Waals surface area contributed by atoms with E-state index in [4.69, 9.17) is 0 Å². The summed E-state index contributed by atoms with van der Waals surface area (Å²) in [5.41, 5.74) is 1.04. The molecule has 1 aromatic rings. The molecule has 1 amide bonds. The van der Waals surface area contributed by atoms with Crippen LogP contribution in [-0.2, 0) is 16.1 Å². The first kappa shape index (κ1) is 16.9. The van der Waals surface area contributed by atoms with E-state index in [1.54, 1.807) is 24.9 Å². The second-order valence-electron chi connectivity index (χ2n) is 6.95. The van der Waals surface area contributed by atoms with Crippen LogP contribution in [-0.4, -0.2) is 52.5 Å². The molecule has 6 heteroatoms. The molecule has 130 valence electrons. The molecular weight excluding hydrogens is 311 g/mol. The number of nitrogens with zero attached hydrogens (tertiary/aromatic N) is 2. The molecule has 5 nitrogen and oxygen atoms in total. The van der Waals surface area contributed by atoms with Gasteiger partial charge in [0, 0.05) is 33.1 Å². The lowest BCUT2D eigenvalue weighted by molar-refractivity contribution is -0.146. The van der Waals surface area contributed by atoms with Crippen molar-refractivity contribution < 1.29 is 19.1 Å². The molecule has 1 atom stereocenters. The third-order valence-electron chi connectivity index (χ3n) is 5.86. The van der Waals surface area contributed by atoms with Gasteiger partial charge >= 0.3 is 5.97 Å². The highest BCUT2D eigenvalue weighted by molar-refractivity contribution is 5.88. The van der Waals surface area contributed by atoms with Gasteiger partial charge in [-0.05, 0) is 37.0 Å². The summed E-state index contributed by atoms with van der Waals surface area (Å²) in [5, 5.41) is 9.50. The van der Waals surface area contributed by atoms with Crippen molar-refractivity contribution >= 4 is 11.9 Å². The van der Waals surface area contributed by atoms with Crippen LogP contribution in [0.3, 0.4) is 0 Å². The number of carboxylic acids is 1. The number of halogens is 1. The van der Waals surface area contributed by atoms with Crippen LogP contribution in [0.15, 0.2) is 18.2 Å². The third kappa shape index (κ3) is 2.69. The van der Waals surface area contributed by atoms with Gasteiger partial charge in [-0.3, -0.25) is 14.5 Å². The van der Waals surface area contributed by atoms with E-state index in [2.05, 4.69) is 4.90 Å². The predicted octanol–water partition coefficient (Wildman–Crippen LogP) is 2.03. The number of carbonyl (C=O) groups excluding carboxylic acids is 1. The highest BCUT2D eigenvalue weighted by Crippen LogP contribution is 2.43. The third-order valence-corrected chi connectivity index (χ3v) is 5.86. The van der Waals surface area contributed by atoms with Crippen LogP contribution >= 0.6 is 0 Å². The molecule has 1 spiro atoms. The minimum atomic E-state index is -0.887. The Balaban J connectivity index is 1.72. The van der Waals surface area contributed by atoms with Gasteiger partial charge in [-0.15, -0.1) is 0 Å². The monoisotopic (exact) mass is 334 g/mol. The molecule has 0 bridgehead atoms. The summed E-state index contributed by atoms with van der Waals surface area (Å²) in [4.78, 5) is 27.5. The number of carboxylic acid groups (broad SMARTS) is 1. The first-order valence-corrected chi connectivity index (χ1v) is 8.31. The Labute approximate surface area is 141 Å². The molecule has 2 aliphatic heterocycles. The van der Waals surface area contributed by atoms with Gasteiger partial charge < -0.3 is 10.0 Å². The number of piperidine rings is 1. The molecule has 0 unspecified atom stereocenters. The lowest BCUT2D eigenvalue weighted by atomic mass is 9.77. The summed E-state index contributed by atoms with van der Waals surface area (Å²) >= 11 is 0. The van der Waals surface area contributed by atoms with Crippen molar-refractivity contribution in [2.75, 3.05) is 20.1 Å². The molecule has 0 aliphatic carbocycles. The Morgan fingerprint density at radius 2 is 2.04 bits per heavy atom. The summed E-state index contributed by atoms with van der Waals surface area (Å²) in [7, 11) is 1.72. The first-order valence-electron chi connectivity index (χ1n) is 8.31. The average Bonchev–Trinajstić information content (AvgIpc) is 2.79. The molecule has 0 aromatic heterocycles. The van der Waals surface area contributed by atoms with E-state index in [0.29, 0.717) is 38.0 Å². The maximum absolute atomic E-state index is 13.7. The quantitative estimate of drug-likeness (QED) is 0.919. The number of rotatable bonds is 3. The van der Waals surface area contributed by atoms with Crippen molar-refractivity contribution in [1.29, 1.82) is 0 Å². The molecule has 2 heterocycles. The molecule has 24 heavy (non-hydrogen) atoms. The Morgan fingerprint density at radius 1 is 1.38 bits per heavy atom. The maximum Gasteiger partial charge on any atom is 0.309 e. The van der Waals surface area contributed by atoms with Gasteiger partial charge in [0.05, 0.1) is 11.5 Å². The number of hydrogen-bond acceptors (Lipinski definition) is 3. The Kier molecular flexibility index (Phi) is 4.34. The Hall–Kier alpha value is -1.95. The molecular formula is C18H23FN2O3. The molecule has 2 fully saturated rings. The minimum absolute atomic E-state index is 0.0863. The zero-order valence-electron chi connectivity index (χ0n) is 14.1. The van der Waals surface area contributed by atoms with Crippen LogP contribution in [0.5, 0.6) is 0 Å². The molecule has 1 N–H and O–H groups in total. The average molecular weight is 334 g/mol. The van der Waals surface area contributed by atoms with E-state index in [-0.39, 0.29) is 18.1 Å². The highest BCUT2D eigenvalue weighted by Gasteiger charge is 2.55. The molecule has 2 aliphatic rings. The van der Waals surface area contributed by atoms with Crippen LogP contribution in [0.1, 0.15) is 30.4 Å². The van der Waals surface area contributed by atoms with Crippen molar-refractivity contribution in [3.63, 3.8) is 0 Å². The lowest BCUT2D eigenvalue weighted by Gasteiger charge is -2.45. The molecule has 1 aromatic carbocycles. The number of amides is 1. The van der Waals surface area contributed by atoms with Crippen LogP contribution in [0.4, 0.5) is 4.39 Å². The van der Waals surface area contributed by atoms with Crippen LogP contribution < -0.4 is 0 Å². The number of hydrogen-bond donors (Lipinski definition) is 1. The number of likely N-dealkylation sites (tertiary alicyclic amines) is 2. The van der Waals surface area contributed by atoms with Gasteiger partial charge in [0.25, 0.3) is 0 Å². The maximum atomic E-state index is 13.7. The van der Waals surface area contributed by atoms with E-state index in [9.17, 15) is 19.1 Å². The zero-order valence-corrected chi connectivity index (χ0v) is 14.1. The van der Waals surface area contributed by atoms with Crippen LogP contribution in [0.25, 0.3) is 0 Å². The Morgan fingerprint density at radius 3 is 2.67 bits per heavy atom. The minimum Gasteiger partial charge on any atom is -0.481 e. The SMILES string of the molecule is Cc1c(F)cccc1CN1CCC2(CC1)[C@H](C(=O)O)CC(=O)N2C. The molecule has 0 radical (unpaired) electrons. The van der Waals surface area contributed by atoms with Gasteiger partial charge in [0.1, 0.15) is 5.82 Å². The predicted molar refractivity (Wildman–Crippen MR) is 86.9 cm³/mol. The van der Waals surface area contributed by atoms with Gasteiger partial charge in [-0.2, -0.15) is 0 Å². The number of carbonyl (C=O) groups is 2. The van der Waals surface area contributed by atoms with E-state index >= 15 is 0 Å². The largest absolute Gasteiger partial charge is 0.481 e. The number of aliphatic carboxylic acids is 1. The fraction of sp³-hybridized carbons (Fsp3) is 0.556. The van der Waals surface area contributed by atoms with Crippen molar-refractivity contribution in [2.45, 2.75) is 38.3 Å². The lowest BCUT2D eigenvalue weighted by Crippen LogP contribution is -2.55. The summed E-state index contributed by atoms with van der Waals surface area (Å²) in [5.74, 6) is -1.81. The molecule has 2 saturated heterocycles. The smallest absolute Gasteiger partial charge is 0.309 e. The summed E-state index contributed by atoms with van der Waals surface area (Å²) < 4.78 is 13.7. The van der Waals surface area contributed by atoms with Crippen molar-refractivity contribution in [1.82, 2.24) is 9.80 Å². The Bertz CT molecular complexity index is 668. The highest BCUT2D eigenvalue weighted by atomic mass is 19.1. The molecule has 3 rings (SSSR count). The van der Waals surface area contributed by atoms with Crippen molar-refractivity contribution in [3.8, 4) is 0 Å². The van der Waals surface area contributed by atoms with Crippen LogP contribution in [0.2, 0.25) is 0 Å². The summed E-state index contributed by atoms with van der Waals surface area (Å²) in [6, 6.07) is 5.10. The standard InChI is InChI=1S/C18H23FN2O3/c1-12-13(4-3-5-15(12)19)11-21-8-6-18(7-9-21)14(17(23)24)10-16(22)20(18)2/h3-5,14H,6-11H2,1-2H3,(H,23,24)/t14-/m0/s1. The van der Waals surface area contributed by atoms with E-state index in [1.165, 1.54) is 6.07 Å². The summed E-state index contributed by atoms with van der Waals surface area (Å²) in [6.07, 6.45) is 1.37. The normalized spacial score (nSPS) is 23.9. The van der Waals surface area contributed by atoms with Gasteiger partial charge in [-0.1, -0.05) is 12.1 Å². The van der Waals surface area contributed by atoms with Crippen molar-refractivity contribution in [2.24, 2.45) is 5.92 Å². The molecule has 0 saturated carbocycles. The van der Waals surface area contributed by atoms with E-state index < -0.39 is 17.4 Å². The van der Waals surface area contributed by atoms with Crippen LogP contribution in [0, 0.1) is 18.7 Å². The first-order chi connectivity index (χ1) is 11.3.